The molecule has 1 aromatic rings. The van der Waals surface area contributed by atoms with Gasteiger partial charge in [0.05, 0.1) is 19.5 Å². The van der Waals surface area contributed by atoms with E-state index in [0.29, 0.717) is 5.69 Å². The Balaban J connectivity index is 2.68. The molecule has 0 fully saturated rings. The van der Waals surface area contributed by atoms with Crippen LogP contribution < -0.4 is 21.7 Å². The number of amides is 3. The minimum absolute atomic E-state index is 0.0335. The standard InChI is InChI=1S/C14H22N6O6S/c15-8(4-21)12(23)20-9(1-7-2-16-6-18-7)13(24)17-3-11(22)19-10(5-27)14(25)26/h2,6,8-10,21,27H,1,3-5,15H2,(H,16,18)(H,17,24)(H,19,22)(H,20,23)(H,25,26). The van der Waals surface area contributed by atoms with Gasteiger partial charge in [0.2, 0.25) is 17.7 Å². The lowest BCUT2D eigenvalue weighted by Crippen LogP contribution is -2.55. The van der Waals surface area contributed by atoms with Gasteiger partial charge in [-0.25, -0.2) is 9.78 Å². The van der Waals surface area contributed by atoms with E-state index >= 15 is 0 Å². The zero-order valence-electron chi connectivity index (χ0n) is 14.2. The van der Waals surface area contributed by atoms with E-state index in [1.54, 1.807) is 0 Å². The molecule has 1 heterocycles. The molecule has 3 amide bonds. The van der Waals surface area contributed by atoms with E-state index in [1.807, 2.05) is 0 Å². The molecule has 0 aromatic carbocycles. The molecule has 0 spiro atoms. The maximum atomic E-state index is 12.3. The average Bonchev–Trinajstić information content (AvgIpc) is 3.15. The second-order valence-corrected chi connectivity index (χ2v) is 5.86. The number of imidazole rings is 1. The van der Waals surface area contributed by atoms with Crippen LogP contribution in [0.25, 0.3) is 0 Å². The lowest BCUT2D eigenvalue weighted by molar-refractivity contribution is -0.141. The molecule has 12 nitrogen and oxygen atoms in total. The molecular weight excluding hydrogens is 380 g/mol. The number of aromatic nitrogens is 2. The number of thiol groups is 1. The number of carboxylic acid groups (broad SMARTS) is 1. The number of aliphatic hydroxyl groups excluding tert-OH is 1. The number of aliphatic carboxylic acids is 1. The molecule has 8 N–H and O–H groups in total. The highest BCUT2D eigenvalue weighted by atomic mass is 32.1. The highest BCUT2D eigenvalue weighted by molar-refractivity contribution is 7.80. The zero-order chi connectivity index (χ0) is 20.4. The Hall–Kier alpha value is -2.64. The number of nitrogens with zero attached hydrogens (tertiary/aromatic N) is 1. The number of aliphatic hydroxyl groups is 1. The number of nitrogens with one attached hydrogen (secondary N) is 4. The molecular formula is C14H22N6O6S. The Morgan fingerprint density at radius 2 is 1.93 bits per heavy atom. The summed E-state index contributed by atoms with van der Waals surface area (Å²) in [6.45, 7) is -1.11. The smallest absolute Gasteiger partial charge is 0.327 e. The maximum absolute atomic E-state index is 12.3. The van der Waals surface area contributed by atoms with Crippen molar-refractivity contribution in [3.63, 3.8) is 0 Å². The summed E-state index contributed by atoms with van der Waals surface area (Å²) in [6, 6.07) is -3.50. The monoisotopic (exact) mass is 402 g/mol. The number of carbonyl (C=O) groups excluding carboxylic acids is 3. The van der Waals surface area contributed by atoms with Gasteiger partial charge in [-0.05, 0) is 0 Å². The molecule has 0 aliphatic rings. The van der Waals surface area contributed by atoms with Crippen LogP contribution in [-0.2, 0) is 25.6 Å². The van der Waals surface area contributed by atoms with Crippen LogP contribution in [0.5, 0.6) is 0 Å². The van der Waals surface area contributed by atoms with E-state index in [2.05, 4.69) is 38.5 Å². The van der Waals surface area contributed by atoms with Crippen molar-refractivity contribution < 1.29 is 29.4 Å². The van der Waals surface area contributed by atoms with Crippen LogP contribution in [0.2, 0.25) is 0 Å². The second-order valence-electron chi connectivity index (χ2n) is 5.49. The molecule has 0 saturated carbocycles. The summed E-state index contributed by atoms with van der Waals surface area (Å²) in [5.41, 5.74) is 5.96. The highest BCUT2D eigenvalue weighted by Gasteiger charge is 2.25. The third kappa shape index (κ3) is 7.64. The quantitative estimate of drug-likeness (QED) is 0.173. The van der Waals surface area contributed by atoms with Gasteiger partial charge in [0, 0.05) is 24.1 Å². The van der Waals surface area contributed by atoms with Gasteiger partial charge in [-0.15, -0.1) is 0 Å². The first-order chi connectivity index (χ1) is 12.8. The first-order valence-corrected chi connectivity index (χ1v) is 8.46. The fourth-order valence-electron chi connectivity index (χ4n) is 1.91. The van der Waals surface area contributed by atoms with Gasteiger partial charge in [0.15, 0.2) is 0 Å². The number of rotatable bonds is 11. The second kappa shape index (κ2) is 11.2. The third-order valence-electron chi connectivity index (χ3n) is 3.38. The maximum Gasteiger partial charge on any atom is 0.327 e. The normalized spacial score (nSPS) is 13.9. The largest absolute Gasteiger partial charge is 0.480 e. The lowest BCUT2D eigenvalue weighted by Gasteiger charge is -2.20. The summed E-state index contributed by atoms with van der Waals surface area (Å²) >= 11 is 3.81. The van der Waals surface area contributed by atoms with Crippen molar-refractivity contribution in [3.05, 3.63) is 18.2 Å². The van der Waals surface area contributed by atoms with Crippen LogP contribution in [0.4, 0.5) is 0 Å². The van der Waals surface area contributed by atoms with Crippen molar-refractivity contribution in [3.8, 4) is 0 Å². The van der Waals surface area contributed by atoms with Gasteiger partial charge in [0.1, 0.15) is 18.1 Å². The summed E-state index contributed by atoms with van der Waals surface area (Å²) < 4.78 is 0. The van der Waals surface area contributed by atoms with Crippen molar-refractivity contribution in [2.24, 2.45) is 5.73 Å². The van der Waals surface area contributed by atoms with Crippen molar-refractivity contribution in [2.45, 2.75) is 24.5 Å². The van der Waals surface area contributed by atoms with E-state index in [9.17, 15) is 19.2 Å². The van der Waals surface area contributed by atoms with Crippen molar-refractivity contribution in [1.29, 1.82) is 0 Å². The van der Waals surface area contributed by atoms with Gasteiger partial charge in [-0.2, -0.15) is 12.6 Å². The number of nitrogens with two attached hydrogens (primary N) is 1. The molecule has 3 unspecified atom stereocenters. The number of carboxylic acids is 1. The highest BCUT2D eigenvalue weighted by Crippen LogP contribution is 2.00. The number of aromatic amines is 1. The molecule has 0 radical (unpaired) electrons. The topological polar surface area (TPSA) is 200 Å². The zero-order valence-corrected chi connectivity index (χ0v) is 15.1. The first-order valence-electron chi connectivity index (χ1n) is 7.83. The van der Waals surface area contributed by atoms with Gasteiger partial charge in [-0.1, -0.05) is 0 Å². The fourth-order valence-corrected chi connectivity index (χ4v) is 2.16. The molecule has 1 aromatic heterocycles. The minimum atomic E-state index is -1.26. The summed E-state index contributed by atoms with van der Waals surface area (Å²) in [6.07, 6.45) is 2.88. The predicted octanol–water partition coefficient (Wildman–Crippen LogP) is -3.63. The Morgan fingerprint density at radius 1 is 1.22 bits per heavy atom. The molecule has 1 rings (SSSR count). The lowest BCUT2D eigenvalue weighted by atomic mass is 10.1. The van der Waals surface area contributed by atoms with E-state index in [-0.39, 0.29) is 12.2 Å². The van der Waals surface area contributed by atoms with Gasteiger partial charge < -0.3 is 36.9 Å². The summed E-state index contributed by atoms with van der Waals surface area (Å²) in [5.74, 6) is -3.55. The van der Waals surface area contributed by atoms with Crippen LogP contribution >= 0.6 is 12.6 Å². The van der Waals surface area contributed by atoms with Gasteiger partial charge in [-0.3, -0.25) is 14.4 Å². The number of H-pyrrole nitrogens is 1. The molecule has 13 heteroatoms. The van der Waals surface area contributed by atoms with Gasteiger partial charge >= 0.3 is 5.97 Å². The van der Waals surface area contributed by atoms with Crippen LogP contribution in [-0.4, -0.2) is 80.9 Å². The number of hydrogen-bond acceptors (Lipinski definition) is 8. The SMILES string of the molecule is NC(CO)C(=O)NC(Cc1cnc[nH]1)C(=O)NCC(=O)NC(CS)C(=O)O. The van der Waals surface area contributed by atoms with Crippen molar-refractivity contribution in [1.82, 2.24) is 25.9 Å². The summed E-state index contributed by atoms with van der Waals surface area (Å²) in [5, 5.41) is 24.7. The van der Waals surface area contributed by atoms with Gasteiger partial charge in [0.25, 0.3) is 0 Å². The van der Waals surface area contributed by atoms with Crippen LogP contribution in [0.15, 0.2) is 12.5 Å². The molecule has 150 valence electrons. The van der Waals surface area contributed by atoms with Crippen LogP contribution in [0.3, 0.4) is 0 Å². The Bertz CT molecular complexity index is 655. The van der Waals surface area contributed by atoms with E-state index < -0.39 is 55.0 Å². The number of carbonyl (C=O) groups is 4. The van der Waals surface area contributed by atoms with Crippen molar-refractivity contribution >= 4 is 36.3 Å². The van der Waals surface area contributed by atoms with E-state index in [4.69, 9.17) is 15.9 Å². The van der Waals surface area contributed by atoms with Crippen molar-refractivity contribution in [2.75, 3.05) is 18.9 Å². The Morgan fingerprint density at radius 3 is 2.44 bits per heavy atom. The average molecular weight is 402 g/mol. The van der Waals surface area contributed by atoms with Crippen LogP contribution in [0.1, 0.15) is 5.69 Å². The van der Waals surface area contributed by atoms with Crippen LogP contribution in [0, 0.1) is 0 Å². The molecule has 0 aliphatic carbocycles. The van der Waals surface area contributed by atoms with E-state index in [1.165, 1.54) is 12.5 Å². The predicted molar refractivity (Wildman–Crippen MR) is 95.7 cm³/mol. The molecule has 27 heavy (non-hydrogen) atoms. The third-order valence-corrected chi connectivity index (χ3v) is 3.75. The fraction of sp³-hybridized carbons (Fsp3) is 0.500. The molecule has 0 saturated heterocycles. The number of hydrogen-bond donors (Lipinski definition) is 8. The minimum Gasteiger partial charge on any atom is -0.480 e. The summed E-state index contributed by atoms with van der Waals surface area (Å²) in [7, 11) is 0. The first kappa shape index (κ1) is 22.4. The Labute approximate surface area is 159 Å². The van der Waals surface area contributed by atoms with E-state index in [0.717, 1.165) is 0 Å². The molecule has 0 aliphatic heterocycles. The Kier molecular flexibility index (Phi) is 9.25. The molecule has 3 atom stereocenters. The summed E-state index contributed by atoms with van der Waals surface area (Å²) in [4.78, 5) is 53.4. The molecule has 0 bridgehead atoms.